The second-order valence-electron chi connectivity index (χ2n) is 3.77. The van der Waals surface area contributed by atoms with Crippen LogP contribution < -0.4 is 10.2 Å². The molecule has 1 aromatic carbocycles. The molecule has 0 fully saturated rings. The van der Waals surface area contributed by atoms with Crippen LogP contribution in [-0.4, -0.2) is 37.4 Å². The second kappa shape index (κ2) is 4.90. The molecule has 0 amide bonds. The molecule has 16 heavy (non-hydrogen) atoms. The normalized spacial score (nSPS) is 10.6. The zero-order valence-electron chi connectivity index (χ0n) is 9.64. The van der Waals surface area contributed by atoms with Crippen LogP contribution >= 0.6 is 0 Å². The number of hydrogen-bond donors (Lipinski definition) is 1. The summed E-state index contributed by atoms with van der Waals surface area (Å²) in [5, 5.41) is 12.4. The number of rotatable bonds is 4. The summed E-state index contributed by atoms with van der Waals surface area (Å²) in [5.74, 6) is 0. The number of aromatic nitrogens is 2. The number of anilines is 1. The summed E-state index contributed by atoms with van der Waals surface area (Å²) < 4.78 is 0. The zero-order chi connectivity index (χ0) is 11.4. The lowest BCUT2D eigenvalue weighted by atomic mass is 10.2. The monoisotopic (exact) mass is 216 g/mol. The second-order valence-corrected chi connectivity index (χ2v) is 3.77. The van der Waals surface area contributed by atoms with Gasteiger partial charge in [-0.2, -0.15) is 10.2 Å². The van der Waals surface area contributed by atoms with Crippen LogP contribution in [-0.2, 0) is 0 Å². The van der Waals surface area contributed by atoms with Crippen LogP contribution in [0.25, 0.3) is 10.9 Å². The largest absolute Gasteiger partial charge is 0.371 e. The van der Waals surface area contributed by atoms with Gasteiger partial charge in [0, 0.05) is 25.5 Å². The smallest absolute Gasteiger partial charge is 0.0950 e. The van der Waals surface area contributed by atoms with E-state index < -0.39 is 0 Å². The summed E-state index contributed by atoms with van der Waals surface area (Å²) in [6.45, 7) is 1.90. The summed E-state index contributed by atoms with van der Waals surface area (Å²) in [6.07, 6.45) is 1.82. The van der Waals surface area contributed by atoms with Crippen molar-refractivity contribution in [2.45, 2.75) is 0 Å². The van der Waals surface area contributed by atoms with Crippen LogP contribution in [0.2, 0.25) is 0 Å². The van der Waals surface area contributed by atoms with Gasteiger partial charge in [0.25, 0.3) is 0 Å². The Morgan fingerprint density at radius 2 is 2.12 bits per heavy atom. The summed E-state index contributed by atoms with van der Waals surface area (Å²) >= 11 is 0. The molecule has 1 N–H and O–H groups in total. The molecule has 0 spiro atoms. The first kappa shape index (κ1) is 10.8. The SMILES string of the molecule is CNCCN(C)c1cnnc2ccccc12. The maximum atomic E-state index is 4.11. The molecule has 0 bridgehead atoms. The van der Waals surface area contributed by atoms with E-state index in [1.807, 2.05) is 31.4 Å². The van der Waals surface area contributed by atoms with Crippen molar-refractivity contribution in [2.75, 3.05) is 32.1 Å². The molecule has 0 aliphatic carbocycles. The van der Waals surface area contributed by atoms with E-state index in [-0.39, 0.29) is 0 Å². The fourth-order valence-corrected chi connectivity index (χ4v) is 1.70. The van der Waals surface area contributed by atoms with Gasteiger partial charge in [0.1, 0.15) is 0 Å². The van der Waals surface area contributed by atoms with E-state index in [1.54, 1.807) is 0 Å². The Hall–Kier alpha value is -1.68. The highest BCUT2D eigenvalue weighted by molar-refractivity contribution is 5.90. The van der Waals surface area contributed by atoms with Gasteiger partial charge in [0.2, 0.25) is 0 Å². The highest BCUT2D eigenvalue weighted by Gasteiger charge is 2.06. The van der Waals surface area contributed by atoms with E-state index in [0.29, 0.717) is 0 Å². The van der Waals surface area contributed by atoms with Gasteiger partial charge in [-0.1, -0.05) is 18.2 Å². The number of benzene rings is 1. The Morgan fingerprint density at radius 3 is 2.94 bits per heavy atom. The molecular formula is C12H16N4. The van der Waals surface area contributed by atoms with E-state index >= 15 is 0 Å². The summed E-state index contributed by atoms with van der Waals surface area (Å²) in [5.41, 5.74) is 2.07. The van der Waals surface area contributed by atoms with Crippen molar-refractivity contribution in [3.8, 4) is 0 Å². The van der Waals surface area contributed by atoms with Gasteiger partial charge in [-0.25, -0.2) is 0 Å². The van der Waals surface area contributed by atoms with Crippen LogP contribution in [0.5, 0.6) is 0 Å². The molecule has 0 aliphatic heterocycles. The minimum absolute atomic E-state index is 0.941. The quantitative estimate of drug-likeness (QED) is 0.836. The molecule has 1 aromatic heterocycles. The van der Waals surface area contributed by atoms with E-state index in [0.717, 1.165) is 29.7 Å². The standard InChI is InChI=1S/C12H16N4/c1-13-7-8-16(2)12-9-14-15-11-6-4-3-5-10(11)12/h3-6,9,13H,7-8H2,1-2H3. The highest BCUT2D eigenvalue weighted by Crippen LogP contribution is 2.22. The fourth-order valence-electron chi connectivity index (χ4n) is 1.70. The van der Waals surface area contributed by atoms with Crippen molar-refractivity contribution >= 4 is 16.6 Å². The molecule has 0 aliphatic rings. The van der Waals surface area contributed by atoms with Crippen LogP contribution in [0.15, 0.2) is 30.5 Å². The Bertz CT molecular complexity index is 464. The lowest BCUT2D eigenvalue weighted by Gasteiger charge is -2.19. The predicted octanol–water partition coefficient (Wildman–Crippen LogP) is 1.29. The van der Waals surface area contributed by atoms with Gasteiger partial charge in [0.05, 0.1) is 17.4 Å². The Morgan fingerprint density at radius 1 is 1.31 bits per heavy atom. The van der Waals surface area contributed by atoms with E-state index in [1.165, 1.54) is 0 Å². The number of likely N-dealkylation sites (N-methyl/N-ethyl adjacent to an activating group) is 2. The van der Waals surface area contributed by atoms with E-state index in [9.17, 15) is 0 Å². The highest BCUT2D eigenvalue weighted by atomic mass is 15.2. The molecule has 2 aromatic rings. The van der Waals surface area contributed by atoms with Crippen molar-refractivity contribution in [1.82, 2.24) is 15.5 Å². The molecular weight excluding hydrogens is 200 g/mol. The van der Waals surface area contributed by atoms with Crippen LogP contribution in [0.4, 0.5) is 5.69 Å². The Kier molecular flexibility index (Phi) is 3.31. The fraction of sp³-hybridized carbons (Fsp3) is 0.333. The lowest BCUT2D eigenvalue weighted by Crippen LogP contribution is -2.27. The molecule has 0 unspecified atom stereocenters. The van der Waals surface area contributed by atoms with Crippen molar-refractivity contribution in [3.05, 3.63) is 30.5 Å². The van der Waals surface area contributed by atoms with Crippen LogP contribution in [0.1, 0.15) is 0 Å². The molecule has 1 heterocycles. The molecule has 0 atom stereocenters. The van der Waals surface area contributed by atoms with Gasteiger partial charge >= 0.3 is 0 Å². The van der Waals surface area contributed by atoms with Crippen molar-refractivity contribution in [3.63, 3.8) is 0 Å². The number of fused-ring (bicyclic) bond motifs is 1. The number of nitrogens with one attached hydrogen (secondary N) is 1. The van der Waals surface area contributed by atoms with E-state index in [4.69, 9.17) is 0 Å². The van der Waals surface area contributed by atoms with Crippen molar-refractivity contribution in [2.24, 2.45) is 0 Å². The summed E-state index contributed by atoms with van der Waals surface area (Å²) in [6, 6.07) is 8.07. The predicted molar refractivity (Wildman–Crippen MR) is 66.7 cm³/mol. The van der Waals surface area contributed by atoms with Gasteiger partial charge in [-0.3, -0.25) is 0 Å². The average Bonchev–Trinajstić information content (AvgIpc) is 2.35. The molecule has 84 valence electrons. The third-order valence-electron chi connectivity index (χ3n) is 2.63. The topological polar surface area (TPSA) is 41.0 Å². The minimum Gasteiger partial charge on any atom is -0.371 e. The maximum absolute atomic E-state index is 4.11. The zero-order valence-corrected chi connectivity index (χ0v) is 9.64. The summed E-state index contributed by atoms with van der Waals surface area (Å²) in [4.78, 5) is 2.19. The molecule has 2 rings (SSSR count). The first-order valence-corrected chi connectivity index (χ1v) is 5.39. The van der Waals surface area contributed by atoms with Crippen molar-refractivity contribution in [1.29, 1.82) is 0 Å². The Labute approximate surface area is 95.3 Å². The van der Waals surface area contributed by atoms with Gasteiger partial charge in [0.15, 0.2) is 0 Å². The number of nitrogens with zero attached hydrogens (tertiary/aromatic N) is 3. The number of hydrogen-bond acceptors (Lipinski definition) is 4. The minimum atomic E-state index is 0.941. The molecule has 4 nitrogen and oxygen atoms in total. The third-order valence-corrected chi connectivity index (χ3v) is 2.63. The van der Waals surface area contributed by atoms with Gasteiger partial charge < -0.3 is 10.2 Å². The maximum Gasteiger partial charge on any atom is 0.0950 e. The first-order chi connectivity index (χ1) is 7.83. The molecule has 0 radical (unpaired) electrons. The lowest BCUT2D eigenvalue weighted by molar-refractivity contribution is 0.767. The first-order valence-electron chi connectivity index (χ1n) is 5.39. The average molecular weight is 216 g/mol. The third kappa shape index (κ3) is 2.12. The van der Waals surface area contributed by atoms with E-state index in [2.05, 4.69) is 33.5 Å². The molecule has 0 saturated heterocycles. The van der Waals surface area contributed by atoms with Crippen LogP contribution in [0, 0.1) is 0 Å². The molecule has 4 heteroatoms. The Balaban J connectivity index is 2.36. The van der Waals surface area contributed by atoms with Gasteiger partial charge in [-0.15, -0.1) is 0 Å². The van der Waals surface area contributed by atoms with Gasteiger partial charge in [-0.05, 0) is 13.1 Å². The van der Waals surface area contributed by atoms with Crippen molar-refractivity contribution < 1.29 is 0 Å². The van der Waals surface area contributed by atoms with Crippen LogP contribution in [0.3, 0.4) is 0 Å². The molecule has 0 saturated carbocycles. The summed E-state index contributed by atoms with van der Waals surface area (Å²) in [7, 11) is 4.03.